The summed E-state index contributed by atoms with van der Waals surface area (Å²) in [5.74, 6) is -0.411. The van der Waals surface area contributed by atoms with Gasteiger partial charge in [-0.1, -0.05) is 0 Å². The molecule has 12 heavy (non-hydrogen) atoms. The van der Waals surface area contributed by atoms with Crippen LogP contribution in [-0.4, -0.2) is 20.9 Å². The van der Waals surface area contributed by atoms with E-state index in [0.717, 1.165) is 0 Å². The molecule has 0 atom stereocenters. The van der Waals surface area contributed by atoms with Crippen LogP contribution in [0.5, 0.6) is 0 Å². The van der Waals surface area contributed by atoms with Gasteiger partial charge in [-0.15, -0.1) is 0 Å². The second-order valence-corrected chi connectivity index (χ2v) is 2.36. The maximum absolute atomic E-state index is 10.8. The number of carbonyl (C=O) groups excluding carboxylic acids is 1. The third kappa shape index (κ3) is 1.18. The number of nitrogens with one attached hydrogen (secondary N) is 1. The van der Waals surface area contributed by atoms with Crippen LogP contribution < -0.4 is 0 Å². The first kappa shape index (κ1) is 8.38. The van der Waals surface area contributed by atoms with Crippen molar-refractivity contribution in [2.45, 2.75) is 13.8 Å². The van der Waals surface area contributed by atoms with Crippen molar-refractivity contribution < 1.29 is 9.72 Å². The Bertz CT molecular complexity index is 342. The topological polar surface area (TPSA) is 88.9 Å². The van der Waals surface area contributed by atoms with E-state index in [1.54, 1.807) is 0 Å². The van der Waals surface area contributed by atoms with Crippen LogP contribution in [0.25, 0.3) is 0 Å². The second kappa shape index (κ2) is 2.72. The van der Waals surface area contributed by atoms with E-state index in [9.17, 15) is 14.9 Å². The van der Waals surface area contributed by atoms with Gasteiger partial charge in [-0.3, -0.25) is 20.0 Å². The third-order valence-electron chi connectivity index (χ3n) is 1.43. The molecule has 1 heterocycles. The zero-order valence-electron chi connectivity index (χ0n) is 6.62. The van der Waals surface area contributed by atoms with E-state index in [1.165, 1.54) is 13.8 Å². The Balaban J connectivity index is 3.31. The van der Waals surface area contributed by atoms with Gasteiger partial charge < -0.3 is 0 Å². The molecule has 0 spiro atoms. The smallest absolute Gasteiger partial charge is 0.292 e. The van der Waals surface area contributed by atoms with Crippen molar-refractivity contribution in [3.05, 3.63) is 21.5 Å². The summed E-state index contributed by atoms with van der Waals surface area (Å²) in [6, 6.07) is 0. The van der Waals surface area contributed by atoms with E-state index >= 15 is 0 Å². The molecular formula is C6H7N3O3. The molecule has 0 unspecified atom stereocenters. The molecule has 1 rings (SSSR count). The molecule has 0 bridgehead atoms. The van der Waals surface area contributed by atoms with Crippen LogP contribution in [0, 0.1) is 17.0 Å². The number of ketones is 1. The van der Waals surface area contributed by atoms with Crippen molar-refractivity contribution in [3.8, 4) is 0 Å². The number of aryl methyl sites for hydroxylation is 1. The van der Waals surface area contributed by atoms with E-state index in [-0.39, 0.29) is 11.4 Å². The van der Waals surface area contributed by atoms with Gasteiger partial charge in [0, 0.05) is 6.92 Å². The minimum atomic E-state index is -0.616. The molecule has 6 nitrogen and oxygen atoms in total. The fourth-order valence-electron chi connectivity index (χ4n) is 0.892. The van der Waals surface area contributed by atoms with Gasteiger partial charge in [0.1, 0.15) is 5.69 Å². The molecule has 0 saturated heterocycles. The average molecular weight is 169 g/mol. The highest BCUT2D eigenvalue weighted by Gasteiger charge is 2.23. The molecule has 0 amide bonds. The highest BCUT2D eigenvalue weighted by Crippen LogP contribution is 2.19. The lowest BCUT2D eigenvalue weighted by Gasteiger charge is -1.88. The van der Waals surface area contributed by atoms with Crippen molar-refractivity contribution in [1.29, 1.82) is 0 Å². The maximum Gasteiger partial charge on any atom is 0.320 e. The molecule has 64 valence electrons. The Morgan fingerprint density at radius 2 is 2.25 bits per heavy atom. The molecule has 1 aromatic rings. The fourth-order valence-corrected chi connectivity index (χ4v) is 0.892. The molecule has 1 aromatic heterocycles. The zero-order chi connectivity index (χ0) is 9.30. The number of hydrogen-bond acceptors (Lipinski definition) is 4. The van der Waals surface area contributed by atoms with Gasteiger partial charge in [0.25, 0.3) is 0 Å². The summed E-state index contributed by atoms with van der Waals surface area (Å²) < 4.78 is 0. The van der Waals surface area contributed by atoms with Crippen LogP contribution in [0.15, 0.2) is 0 Å². The highest BCUT2D eigenvalue weighted by molar-refractivity contribution is 5.96. The third-order valence-corrected chi connectivity index (χ3v) is 1.43. The van der Waals surface area contributed by atoms with E-state index in [2.05, 4.69) is 10.2 Å². The van der Waals surface area contributed by atoms with Gasteiger partial charge in [-0.05, 0) is 6.92 Å². The lowest BCUT2D eigenvalue weighted by molar-refractivity contribution is -0.385. The normalized spacial score (nSPS) is 9.83. The molecular weight excluding hydrogens is 162 g/mol. The summed E-state index contributed by atoms with van der Waals surface area (Å²) in [4.78, 5) is 20.6. The molecule has 0 aliphatic rings. The molecule has 0 saturated carbocycles. The van der Waals surface area contributed by atoms with E-state index in [0.29, 0.717) is 5.69 Å². The van der Waals surface area contributed by atoms with E-state index in [1.807, 2.05) is 0 Å². The Kier molecular flexibility index (Phi) is 1.90. The Morgan fingerprint density at radius 3 is 2.58 bits per heavy atom. The van der Waals surface area contributed by atoms with E-state index in [4.69, 9.17) is 0 Å². The van der Waals surface area contributed by atoms with Crippen LogP contribution in [0.3, 0.4) is 0 Å². The molecule has 0 radical (unpaired) electrons. The number of aromatic amines is 1. The van der Waals surface area contributed by atoms with Crippen LogP contribution in [0.2, 0.25) is 0 Å². The molecule has 0 aromatic carbocycles. The van der Waals surface area contributed by atoms with Crippen molar-refractivity contribution in [2.75, 3.05) is 0 Å². The predicted molar refractivity (Wildman–Crippen MR) is 40.0 cm³/mol. The molecule has 6 heteroatoms. The van der Waals surface area contributed by atoms with Gasteiger partial charge in [0.05, 0.1) is 4.92 Å². The Morgan fingerprint density at radius 1 is 1.67 bits per heavy atom. The molecule has 1 N–H and O–H groups in total. The average Bonchev–Trinajstić information content (AvgIpc) is 2.30. The van der Waals surface area contributed by atoms with Crippen molar-refractivity contribution in [2.24, 2.45) is 0 Å². The molecule has 0 aliphatic carbocycles. The SMILES string of the molecule is CC(=O)c1n[nH]c(C)c1[N+](=O)[O-]. The van der Waals surface area contributed by atoms with Gasteiger partial charge in [-0.2, -0.15) is 5.10 Å². The second-order valence-electron chi connectivity index (χ2n) is 2.36. The zero-order valence-corrected chi connectivity index (χ0v) is 6.62. The first-order chi connectivity index (χ1) is 5.54. The first-order valence-corrected chi connectivity index (χ1v) is 3.24. The minimum Gasteiger partial charge on any atom is -0.292 e. The largest absolute Gasteiger partial charge is 0.320 e. The number of hydrogen-bond donors (Lipinski definition) is 1. The minimum absolute atomic E-state index is 0.113. The number of rotatable bonds is 2. The standard InChI is InChI=1S/C6H7N3O3/c1-3-6(9(11)12)5(4(2)10)8-7-3/h1-2H3,(H,7,8). The lowest BCUT2D eigenvalue weighted by Crippen LogP contribution is -1.98. The maximum atomic E-state index is 10.8. The van der Waals surface area contributed by atoms with Gasteiger partial charge in [-0.25, -0.2) is 0 Å². The highest BCUT2D eigenvalue weighted by atomic mass is 16.6. The summed E-state index contributed by atoms with van der Waals surface area (Å²) in [6.45, 7) is 2.74. The van der Waals surface area contributed by atoms with Crippen molar-refractivity contribution in [1.82, 2.24) is 10.2 Å². The van der Waals surface area contributed by atoms with Crippen LogP contribution in [0.4, 0.5) is 5.69 Å². The Hall–Kier alpha value is -1.72. The summed E-state index contributed by atoms with van der Waals surface area (Å²) in [6.07, 6.45) is 0. The summed E-state index contributed by atoms with van der Waals surface area (Å²) >= 11 is 0. The molecule has 0 fully saturated rings. The summed E-state index contributed by atoms with van der Waals surface area (Å²) in [5.41, 5.74) is -0.0507. The van der Waals surface area contributed by atoms with Crippen LogP contribution in [0.1, 0.15) is 23.1 Å². The van der Waals surface area contributed by atoms with Crippen molar-refractivity contribution in [3.63, 3.8) is 0 Å². The first-order valence-electron chi connectivity index (χ1n) is 3.24. The van der Waals surface area contributed by atoms with Gasteiger partial charge in [0.2, 0.25) is 5.69 Å². The number of carbonyl (C=O) groups is 1. The van der Waals surface area contributed by atoms with Gasteiger partial charge in [0.15, 0.2) is 5.78 Å². The number of H-pyrrole nitrogens is 1. The number of nitro groups is 1. The summed E-state index contributed by atoms with van der Waals surface area (Å²) in [5, 5.41) is 16.3. The van der Waals surface area contributed by atoms with Crippen LogP contribution in [-0.2, 0) is 0 Å². The monoisotopic (exact) mass is 169 g/mol. The number of Topliss-reactive ketones (excluding diaryl/α,β-unsaturated/α-hetero) is 1. The fraction of sp³-hybridized carbons (Fsp3) is 0.333. The van der Waals surface area contributed by atoms with Gasteiger partial charge >= 0.3 is 5.69 Å². The number of aromatic nitrogens is 2. The van der Waals surface area contributed by atoms with Crippen LogP contribution >= 0.6 is 0 Å². The lowest BCUT2D eigenvalue weighted by atomic mass is 10.2. The van der Waals surface area contributed by atoms with E-state index < -0.39 is 10.7 Å². The summed E-state index contributed by atoms with van der Waals surface area (Å²) in [7, 11) is 0. The quantitative estimate of drug-likeness (QED) is 0.403. The Labute approximate surface area is 67.7 Å². The predicted octanol–water partition coefficient (Wildman–Crippen LogP) is 0.829. The number of nitrogens with zero attached hydrogens (tertiary/aromatic N) is 2. The van der Waals surface area contributed by atoms with Crippen molar-refractivity contribution >= 4 is 11.5 Å². The molecule has 0 aliphatic heterocycles.